The summed E-state index contributed by atoms with van der Waals surface area (Å²) >= 11 is 0. The van der Waals surface area contributed by atoms with Crippen LogP contribution in [0.25, 0.3) is 11.5 Å². The Labute approximate surface area is 303 Å². The molecule has 53 heavy (non-hydrogen) atoms. The van der Waals surface area contributed by atoms with Gasteiger partial charge in [0.2, 0.25) is 17.7 Å². The molecule has 0 radical (unpaired) electrons. The predicted molar refractivity (Wildman–Crippen MR) is 189 cm³/mol. The van der Waals surface area contributed by atoms with Crippen LogP contribution in [0.3, 0.4) is 0 Å². The summed E-state index contributed by atoms with van der Waals surface area (Å²) < 4.78 is 17.5. The van der Waals surface area contributed by atoms with Crippen molar-refractivity contribution < 1.29 is 33.1 Å². The molecule has 3 aliphatic rings. The van der Waals surface area contributed by atoms with Gasteiger partial charge in [-0.25, -0.2) is 9.97 Å². The van der Waals surface area contributed by atoms with E-state index < -0.39 is 29.7 Å². The Morgan fingerprint density at radius 3 is 2.15 bits per heavy atom. The molecule has 8 rings (SSSR count). The molecule has 1 saturated heterocycles. The minimum absolute atomic E-state index is 0.0303. The number of aromatic nitrogens is 4. The summed E-state index contributed by atoms with van der Waals surface area (Å²) in [4.78, 5) is 59.6. The first-order valence-electron chi connectivity index (χ1n) is 17.3. The number of fused-ring (bicyclic) bond motifs is 1. The Morgan fingerprint density at radius 1 is 0.849 bits per heavy atom. The predicted octanol–water partition coefficient (Wildman–Crippen LogP) is 5.38. The molecule has 0 spiro atoms. The van der Waals surface area contributed by atoms with E-state index in [1.165, 1.54) is 0 Å². The molecule has 3 aromatic carbocycles. The SMILES string of the molecule is Cc1nnc(-c2cnc(Oc3ccc(C(C)(C)c4ccc(OC5CC(Nc6ccc7c(c6)C(=O)N(C6CCC(=O)NC6=O)C7=O)C5)cc4)cc3)nc2)o1. The summed E-state index contributed by atoms with van der Waals surface area (Å²) in [5.74, 6) is 0.128. The van der Waals surface area contributed by atoms with Gasteiger partial charge in [-0.15, -0.1) is 10.2 Å². The Morgan fingerprint density at radius 2 is 1.51 bits per heavy atom. The number of benzene rings is 3. The molecule has 1 aliphatic carbocycles. The largest absolute Gasteiger partial charge is 0.490 e. The van der Waals surface area contributed by atoms with Crippen molar-refractivity contribution in [2.45, 2.75) is 70.1 Å². The fourth-order valence-electron chi connectivity index (χ4n) is 6.82. The standard InChI is InChI=1S/C39H35N7O7/c1-21-44-45-35(51-21)22-19-40-38(41-20-22)53-28-11-6-24(7-12-28)39(2,3)23-4-9-27(10-5-23)52-29-16-26(17-29)42-25-8-13-30-31(18-25)37(50)46(36(30)49)32-14-15-33(47)43-34(32)48/h4-13,18-20,26,29,32,42H,14-17H2,1-3H3,(H,43,47,48). The number of rotatable bonds is 10. The van der Waals surface area contributed by atoms with Crippen molar-refractivity contribution in [2.24, 2.45) is 0 Å². The smallest absolute Gasteiger partial charge is 0.321 e. The minimum Gasteiger partial charge on any atom is -0.490 e. The highest BCUT2D eigenvalue weighted by molar-refractivity contribution is 6.23. The third-order valence-electron chi connectivity index (χ3n) is 9.97. The molecule has 4 heterocycles. The molecule has 14 heteroatoms. The van der Waals surface area contributed by atoms with Gasteiger partial charge in [0, 0.05) is 55.7 Å². The lowest BCUT2D eigenvalue weighted by Gasteiger charge is -2.36. The second kappa shape index (κ2) is 13.3. The third-order valence-corrected chi connectivity index (χ3v) is 9.97. The van der Waals surface area contributed by atoms with Crippen molar-refractivity contribution in [3.63, 3.8) is 0 Å². The van der Waals surface area contributed by atoms with Gasteiger partial charge in [0.25, 0.3) is 17.7 Å². The molecule has 2 aromatic heterocycles. The number of imide groups is 2. The van der Waals surface area contributed by atoms with Gasteiger partial charge in [-0.05, 0) is 60.0 Å². The molecule has 1 saturated carbocycles. The highest BCUT2D eigenvalue weighted by Gasteiger charge is 2.45. The molecule has 2 fully saturated rings. The first-order chi connectivity index (χ1) is 25.5. The maximum absolute atomic E-state index is 13.2. The Bertz CT molecular complexity index is 2230. The first-order valence-corrected chi connectivity index (χ1v) is 17.3. The van der Waals surface area contributed by atoms with E-state index in [0.717, 1.165) is 34.6 Å². The number of hydrogen-bond donors (Lipinski definition) is 2. The van der Waals surface area contributed by atoms with Crippen molar-refractivity contribution in [1.82, 2.24) is 30.4 Å². The van der Waals surface area contributed by atoms with Crippen molar-refractivity contribution in [3.05, 3.63) is 107 Å². The molecule has 1 atom stereocenters. The summed E-state index contributed by atoms with van der Waals surface area (Å²) in [5, 5.41) is 13.4. The summed E-state index contributed by atoms with van der Waals surface area (Å²) in [6, 6.07) is 20.4. The van der Waals surface area contributed by atoms with Crippen molar-refractivity contribution in [2.75, 3.05) is 5.32 Å². The van der Waals surface area contributed by atoms with Crippen LogP contribution < -0.4 is 20.1 Å². The lowest BCUT2D eigenvalue weighted by atomic mass is 9.78. The third kappa shape index (κ3) is 6.59. The first kappa shape index (κ1) is 33.7. The molecule has 2 aliphatic heterocycles. The average molecular weight is 714 g/mol. The van der Waals surface area contributed by atoms with Crippen LogP contribution in [0.15, 0.2) is 83.5 Å². The van der Waals surface area contributed by atoms with Crippen molar-refractivity contribution >= 4 is 29.3 Å². The molecule has 14 nitrogen and oxygen atoms in total. The lowest BCUT2D eigenvalue weighted by molar-refractivity contribution is -0.136. The van der Waals surface area contributed by atoms with Gasteiger partial charge in [0.05, 0.1) is 16.7 Å². The van der Waals surface area contributed by atoms with Gasteiger partial charge < -0.3 is 19.2 Å². The zero-order chi connectivity index (χ0) is 36.9. The molecule has 5 aromatic rings. The zero-order valence-corrected chi connectivity index (χ0v) is 29.2. The number of carbonyl (C=O) groups is 4. The molecular weight excluding hydrogens is 678 g/mol. The molecular formula is C39H35N7O7. The highest BCUT2D eigenvalue weighted by atomic mass is 16.5. The zero-order valence-electron chi connectivity index (χ0n) is 29.2. The fraction of sp³-hybridized carbons (Fsp3) is 0.282. The number of carbonyl (C=O) groups excluding carboxylic acids is 4. The fourth-order valence-corrected chi connectivity index (χ4v) is 6.82. The Hall–Kier alpha value is -6.44. The second-order valence-electron chi connectivity index (χ2n) is 13.9. The number of amides is 4. The highest BCUT2D eigenvalue weighted by Crippen LogP contribution is 2.36. The van der Waals surface area contributed by atoms with E-state index in [9.17, 15) is 19.2 Å². The van der Waals surface area contributed by atoms with Gasteiger partial charge in [-0.3, -0.25) is 29.4 Å². The van der Waals surface area contributed by atoms with Gasteiger partial charge in [0.1, 0.15) is 23.6 Å². The number of ether oxygens (including phenoxy) is 2. The van der Waals surface area contributed by atoms with E-state index in [4.69, 9.17) is 13.9 Å². The number of nitrogens with zero attached hydrogens (tertiary/aromatic N) is 5. The molecule has 268 valence electrons. The maximum Gasteiger partial charge on any atom is 0.321 e. The normalized spacial score (nSPS) is 19.8. The van der Waals surface area contributed by atoms with Gasteiger partial charge in [-0.2, -0.15) is 0 Å². The van der Waals surface area contributed by atoms with Crippen LogP contribution in [0.1, 0.15) is 77.3 Å². The molecule has 4 amide bonds. The van der Waals surface area contributed by atoms with Crippen molar-refractivity contribution in [1.29, 1.82) is 0 Å². The van der Waals surface area contributed by atoms with Gasteiger partial charge in [0.15, 0.2) is 0 Å². The van der Waals surface area contributed by atoms with Crippen LogP contribution in [0.2, 0.25) is 0 Å². The van der Waals surface area contributed by atoms with E-state index in [1.807, 2.05) is 36.4 Å². The minimum atomic E-state index is -0.991. The number of hydrogen-bond acceptors (Lipinski definition) is 12. The van der Waals surface area contributed by atoms with Gasteiger partial charge in [-0.1, -0.05) is 38.1 Å². The van der Waals surface area contributed by atoms with E-state index in [1.54, 1.807) is 37.5 Å². The monoisotopic (exact) mass is 713 g/mol. The van der Waals surface area contributed by atoms with Crippen LogP contribution in [0, 0.1) is 6.92 Å². The average Bonchev–Trinajstić information content (AvgIpc) is 3.68. The number of aryl methyl sites for hydroxylation is 1. The topological polar surface area (TPSA) is 179 Å². The summed E-state index contributed by atoms with van der Waals surface area (Å²) in [6.07, 6.45) is 4.91. The van der Waals surface area contributed by atoms with Gasteiger partial charge >= 0.3 is 6.01 Å². The Balaban J connectivity index is 0.829. The van der Waals surface area contributed by atoms with Crippen LogP contribution in [0.5, 0.6) is 17.5 Å². The van der Waals surface area contributed by atoms with E-state index in [0.29, 0.717) is 28.8 Å². The maximum atomic E-state index is 13.2. The summed E-state index contributed by atoms with van der Waals surface area (Å²) in [5.41, 5.74) is 3.77. The number of piperidine rings is 1. The van der Waals surface area contributed by atoms with Crippen LogP contribution >= 0.6 is 0 Å². The summed E-state index contributed by atoms with van der Waals surface area (Å²) in [6.45, 7) is 6.04. The molecule has 0 bridgehead atoms. The van der Waals surface area contributed by atoms with E-state index >= 15 is 0 Å². The van der Waals surface area contributed by atoms with Crippen molar-refractivity contribution in [3.8, 4) is 29.0 Å². The van der Waals surface area contributed by atoms with Crippen LogP contribution in [0.4, 0.5) is 5.69 Å². The van der Waals surface area contributed by atoms with E-state index in [2.05, 4.69) is 56.8 Å². The number of nitrogens with one attached hydrogen (secondary N) is 2. The number of anilines is 1. The summed E-state index contributed by atoms with van der Waals surface area (Å²) in [7, 11) is 0. The Kier molecular flexibility index (Phi) is 8.44. The molecule has 2 N–H and O–H groups in total. The van der Waals surface area contributed by atoms with E-state index in [-0.39, 0.29) is 47.5 Å². The quantitative estimate of drug-likeness (QED) is 0.177. The lowest BCUT2D eigenvalue weighted by Crippen LogP contribution is -2.54. The van der Waals surface area contributed by atoms with Crippen LogP contribution in [-0.2, 0) is 15.0 Å². The van der Waals surface area contributed by atoms with Crippen LogP contribution in [-0.4, -0.2) is 66.9 Å². The molecule has 1 unspecified atom stereocenters. The second-order valence-corrected chi connectivity index (χ2v) is 13.9.